The van der Waals surface area contributed by atoms with Crippen molar-refractivity contribution in [3.05, 3.63) is 99.8 Å². The molecule has 2 aromatic carbocycles. The number of aryl methyl sites for hydroxylation is 2. The number of carboxylic acids is 1. The zero-order chi connectivity index (χ0) is 27.6. The second kappa shape index (κ2) is 13.9. The summed E-state index contributed by atoms with van der Waals surface area (Å²) in [6.07, 6.45) is 8.42. The number of benzene rings is 2. The van der Waals surface area contributed by atoms with Crippen molar-refractivity contribution in [2.24, 2.45) is 0 Å². The molecule has 1 unspecified atom stereocenters. The highest BCUT2D eigenvalue weighted by Crippen LogP contribution is 2.27. The first-order valence-corrected chi connectivity index (χ1v) is 14.6. The van der Waals surface area contributed by atoms with Crippen molar-refractivity contribution < 1.29 is 23.8 Å². The molecular formula is C28H29FN4O4S2. The summed E-state index contributed by atoms with van der Waals surface area (Å²) in [5, 5.41) is 15.0. The minimum atomic E-state index is -1.08. The fourth-order valence-corrected chi connectivity index (χ4v) is 5.25. The van der Waals surface area contributed by atoms with Gasteiger partial charge in [0, 0.05) is 29.5 Å². The van der Waals surface area contributed by atoms with Crippen molar-refractivity contribution >= 4 is 35.0 Å². The van der Waals surface area contributed by atoms with Gasteiger partial charge in [-0.05, 0) is 66.7 Å². The number of ether oxygens (including phenoxy) is 1. The molecule has 0 saturated carbocycles. The topological polar surface area (TPSA) is 117 Å². The first-order chi connectivity index (χ1) is 18.9. The molecule has 2 atom stereocenters. The molecule has 204 valence electrons. The SMILES string of the molecule is CSCC[C@H](NC(=O)c1cc(OCC(c2ncc[nH]2)c2nccs2)ccc1CCc1ccc(F)cc1)C(=O)O. The highest BCUT2D eigenvalue weighted by Gasteiger charge is 2.24. The summed E-state index contributed by atoms with van der Waals surface area (Å²) >= 11 is 3.02. The van der Waals surface area contributed by atoms with Gasteiger partial charge in [-0.3, -0.25) is 4.79 Å². The van der Waals surface area contributed by atoms with Gasteiger partial charge in [-0.2, -0.15) is 11.8 Å². The molecule has 39 heavy (non-hydrogen) atoms. The Morgan fingerprint density at radius 3 is 2.64 bits per heavy atom. The second-order valence-electron chi connectivity index (χ2n) is 8.80. The molecule has 1 amide bonds. The van der Waals surface area contributed by atoms with Crippen molar-refractivity contribution in [1.29, 1.82) is 0 Å². The number of aromatic amines is 1. The minimum absolute atomic E-state index is 0.224. The minimum Gasteiger partial charge on any atom is -0.492 e. The fourth-order valence-electron chi connectivity index (χ4n) is 4.06. The van der Waals surface area contributed by atoms with E-state index in [1.807, 2.05) is 17.7 Å². The first-order valence-electron chi connectivity index (χ1n) is 12.4. The second-order valence-corrected chi connectivity index (χ2v) is 10.7. The van der Waals surface area contributed by atoms with Gasteiger partial charge in [0.05, 0.1) is 0 Å². The first kappa shape index (κ1) is 28.3. The van der Waals surface area contributed by atoms with E-state index in [-0.39, 0.29) is 18.3 Å². The maximum Gasteiger partial charge on any atom is 0.326 e. The zero-order valence-corrected chi connectivity index (χ0v) is 22.9. The fraction of sp³-hybridized carbons (Fsp3) is 0.286. The Labute approximate surface area is 234 Å². The van der Waals surface area contributed by atoms with Crippen molar-refractivity contribution in [2.75, 3.05) is 18.6 Å². The predicted molar refractivity (Wildman–Crippen MR) is 150 cm³/mol. The molecule has 11 heteroatoms. The third-order valence-corrected chi connectivity index (χ3v) is 7.69. The van der Waals surface area contributed by atoms with Crippen LogP contribution in [0, 0.1) is 5.82 Å². The van der Waals surface area contributed by atoms with E-state index >= 15 is 0 Å². The number of halogens is 1. The molecule has 8 nitrogen and oxygen atoms in total. The van der Waals surface area contributed by atoms with Gasteiger partial charge in [0.15, 0.2) is 0 Å². The third kappa shape index (κ3) is 7.90. The Morgan fingerprint density at radius 2 is 1.97 bits per heavy atom. The molecule has 2 aromatic heterocycles. The number of aromatic nitrogens is 3. The Kier molecular flexibility index (Phi) is 10.1. The Hall–Kier alpha value is -3.70. The third-order valence-electron chi connectivity index (χ3n) is 6.15. The van der Waals surface area contributed by atoms with Gasteiger partial charge in [-0.1, -0.05) is 18.2 Å². The molecule has 0 aliphatic rings. The quantitative estimate of drug-likeness (QED) is 0.197. The number of hydrogen-bond acceptors (Lipinski definition) is 7. The van der Waals surface area contributed by atoms with Crippen LogP contribution in [0.3, 0.4) is 0 Å². The highest BCUT2D eigenvalue weighted by molar-refractivity contribution is 7.98. The number of thioether (sulfide) groups is 1. The molecule has 0 bridgehead atoms. The van der Waals surface area contributed by atoms with Crippen molar-refractivity contribution in [1.82, 2.24) is 20.3 Å². The number of aliphatic carboxylic acids is 1. The van der Waals surface area contributed by atoms with Crippen molar-refractivity contribution in [3.8, 4) is 5.75 Å². The van der Waals surface area contributed by atoms with Crippen LogP contribution in [0.5, 0.6) is 5.75 Å². The van der Waals surface area contributed by atoms with E-state index in [0.29, 0.717) is 36.3 Å². The molecule has 0 aliphatic carbocycles. The van der Waals surface area contributed by atoms with Gasteiger partial charge in [-0.25, -0.2) is 19.2 Å². The molecule has 0 aliphatic heterocycles. The smallest absolute Gasteiger partial charge is 0.326 e. The van der Waals surface area contributed by atoms with Crippen molar-refractivity contribution in [3.63, 3.8) is 0 Å². The number of carbonyl (C=O) groups is 2. The van der Waals surface area contributed by atoms with Crippen LogP contribution in [0.1, 0.15) is 44.7 Å². The molecule has 0 radical (unpaired) electrons. The van der Waals surface area contributed by atoms with Crippen molar-refractivity contribution in [2.45, 2.75) is 31.2 Å². The van der Waals surface area contributed by atoms with Crippen LogP contribution in [-0.4, -0.2) is 56.6 Å². The molecule has 3 N–H and O–H groups in total. The molecule has 2 heterocycles. The monoisotopic (exact) mass is 568 g/mol. The highest BCUT2D eigenvalue weighted by atomic mass is 32.2. The Morgan fingerprint density at radius 1 is 1.15 bits per heavy atom. The van der Waals surface area contributed by atoms with E-state index < -0.39 is 17.9 Å². The summed E-state index contributed by atoms with van der Waals surface area (Å²) in [7, 11) is 0. The number of amides is 1. The number of carboxylic acid groups (broad SMARTS) is 1. The van der Waals surface area contributed by atoms with Gasteiger partial charge in [0.1, 0.15) is 41.0 Å². The van der Waals surface area contributed by atoms with Gasteiger partial charge in [0.25, 0.3) is 5.91 Å². The van der Waals surface area contributed by atoms with Crippen LogP contribution in [-0.2, 0) is 17.6 Å². The maximum atomic E-state index is 13.4. The van der Waals surface area contributed by atoms with Gasteiger partial charge in [0.2, 0.25) is 0 Å². The summed E-state index contributed by atoms with van der Waals surface area (Å²) in [6.45, 7) is 0.239. The number of nitrogens with one attached hydrogen (secondary N) is 2. The van der Waals surface area contributed by atoms with Crippen LogP contribution < -0.4 is 10.1 Å². The van der Waals surface area contributed by atoms with Gasteiger partial charge >= 0.3 is 5.97 Å². The number of hydrogen-bond donors (Lipinski definition) is 3. The Bertz CT molecular complexity index is 1310. The molecular weight excluding hydrogens is 539 g/mol. The number of nitrogens with zero attached hydrogens (tertiary/aromatic N) is 2. The van der Waals surface area contributed by atoms with E-state index in [9.17, 15) is 19.1 Å². The maximum absolute atomic E-state index is 13.4. The lowest BCUT2D eigenvalue weighted by Gasteiger charge is -2.18. The standard InChI is InChI=1S/C28H29FN4O4S2/c1-38-14-10-24(28(35)36)33-26(34)22-16-21(9-6-19(22)5-2-18-3-7-20(29)8-4-18)37-17-23(25-30-11-12-31-25)27-32-13-15-39-27/h3-4,6-9,11-13,15-16,23-24H,2,5,10,14,17H2,1H3,(H,30,31)(H,33,34)(H,35,36)/t23?,24-/m0/s1. The molecule has 0 saturated heterocycles. The molecule has 0 fully saturated rings. The summed E-state index contributed by atoms with van der Waals surface area (Å²) < 4.78 is 19.4. The predicted octanol–water partition coefficient (Wildman–Crippen LogP) is 4.94. The molecule has 0 spiro atoms. The van der Waals surface area contributed by atoms with Crippen LogP contribution in [0.4, 0.5) is 4.39 Å². The van der Waals surface area contributed by atoms with Gasteiger partial charge in [-0.15, -0.1) is 11.3 Å². The molecule has 4 aromatic rings. The lowest BCUT2D eigenvalue weighted by Crippen LogP contribution is -2.41. The summed E-state index contributed by atoms with van der Waals surface area (Å²) in [4.78, 5) is 37.0. The summed E-state index contributed by atoms with van der Waals surface area (Å²) in [5.41, 5.74) is 2.01. The van der Waals surface area contributed by atoms with Crippen LogP contribution in [0.15, 0.2) is 66.4 Å². The normalized spacial score (nSPS) is 12.6. The van der Waals surface area contributed by atoms with Gasteiger partial charge < -0.3 is 20.1 Å². The lowest BCUT2D eigenvalue weighted by atomic mass is 9.98. The van der Waals surface area contributed by atoms with Crippen LogP contribution in [0.25, 0.3) is 0 Å². The summed E-state index contributed by atoms with van der Waals surface area (Å²) in [6, 6.07) is 10.5. The largest absolute Gasteiger partial charge is 0.492 e. The number of rotatable bonds is 14. The number of thiazole rings is 1. The van der Waals surface area contributed by atoms with E-state index in [1.54, 1.807) is 42.9 Å². The zero-order valence-electron chi connectivity index (χ0n) is 21.3. The van der Waals surface area contributed by atoms with E-state index in [0.717, 1.165) is 22.0 Å². The average Bonchev–Trinajstić information content (AvgIpc) is 3.66. The van der Waals surface area contributed by atoms with Crippen LogP contribution in [0.2, 0.25) is 0 Å². The van der Waals surface area contributed by atoms with E-state index in [2.05, 4.69) is 20.3 Å². The summed E-state index contributed by atoms with van der Waals surface area (Å²) in [5.74, 6) is -0.308. The van der Waals surface area contributed by atoms with Crippen LogP contribution >= 0.6 is 23.1 Å². The Balaban J connectivity index is 1.56. The number of imidazole rings is 1. The number of carbonyl (C=O) groups excluding carboxylic acids is 1. The average molecular weight is 569 g/mol. The van der Waals surface area contributed by atoms with E-state index in [4.69, 9.17) is 4.74 Å². The lowest BCUT2D eigenvalue weighted by molar-refractivity contribution is -0.139. The number of H-pyrrole nitrogens is 1. The molecule has 4 rings (SSSR count). The van der Waals surface area contributed by atoms with E-state index in [1.165, 1.54) is 35.2 Å².